The maximum absolute atomic E-state index is 13.0. The molecule has 2 unspecified atom stereocenters. The highest BCUT2D eigenvalue weighted by atomic mass is 16.2. The zero-order chi connectivity index (χ0) is 24.6. The van der Waals surface area contributed by atoms with E-state index < -0.39 is 0 Å². The van der Waals surface area contributed by atoms with Crippen molar-refractivity contribution in [2.24, 2.45) is 13.0 Å². The summed E-state index contributed by atoms with van der Waals surface area (Å²) < 4.78 is 3.59. The summed E-state index contributed by atoms with van der Waals surface area (Å²) in [4.78, 5) is 28.4. The molecule has 180 valence electrons. The number of amides is 1. The molecule has 2 aliphatic rings. The van der Waals surface area contributed by atoms with Gasteiger partial charge in [-0.1, -0.05) is 6.07 Å². The van der Waals surface area contributed by atoms with Crippen LogP contribution >= 0.6 is 0 Å². The highest BCUT2D eigenvalue weighted by Crippen LogP contribution is 2.46. The van der Waals surface area contributed by atoms with Crippen molar-refractivity contribution < 1.29 is 4.79 Å². The number of hydrogen-bond donors (Lipinski definition) is 1. The Morgan fingerprint density at radius 1 is 1.17 bits per heavy atom. The summed E-state index contributed by atoms with van der Waals surface area (Å²) in [7, 11) is 1.85. The Kier molecular flexibility index (Phi) is 5.41. The largest absolute Gasteiger partial charge is 0.329 e. The maximum atomic E-state index is 13.0. The molecule has 1 saturated carbocycles. The van der Waals surface area contributed by atoms with Crippen LogP contribution in [0.15, 0.2) is 55.4 Å². The van der Waals surface area contributed by atoms with Crippen molar-refractivity contribution in [3.05, 3.63) is 66.6 Å². The lowest BCUT2D eigenvalue weighted by atomic mass is 9.89. The molecule has 4 aromatic rings. The zero-order valence-corrected chi connectivity index (χ0v) is 19.7. The van der Waals surface area contributed by atoms with E-state index in [1.807, 2.05) is 47.2 Å². The summed E-state index contributed by atoms with van der Waals surface area (Å²) in [6.45, 7) is 0.557. The van der Waals surface area contributed by atoms with Gasteiger partial charge in [-0.25, -0.2) is 9.97 Å². The molecule has 0 bridgehead atoms. The lowest BCUT2D eigenvalue weighted by Gasteiger charge is -2.48. The molecule has 6 rings (SSSR count). The molecule has 0 spiro atoms. The molecule has 1 saturated heterocycles. The van der Waals surface area contributed by atoms with Crippen molar-refractivity contribution in [3.63, 3.8) is 0 Å². The van der Waals surface area contributed by atoms with Gasteiger partial charge in [-0.2, -0.15) is 15.5 Å². The number of nitriles is 1. The van der Waals surface area contributed by atoms with Crippen LogP contribution in [-0.4, -0.2) is 51.9 Å². The standard InChI is InChI=1S/C25H24N10O/c1-33-14-19(12-29-33)31-25-28-10-7-20(32-25)18-11-30-35(13-18)21-15-34(24(36)17-4-5-17)23(21)22-16(6-8-26)3-2-9-27-22/h2-3,7,9-14,17,21,23H,4-6,15H2,1H3,(H,28,31,32). The van der Waals surface area contributed by atoms with E-state index in [1.165, 1.54) is 0 Å². The van der Waals surface area contributed by atoms with Gasteiger partial charge in [0.25, 0.3) is 0 Å². The summed E-state index contributed by atoms with van der Waals surface area (Å²) in [5.74, 6) is 0.737. The van der Waals surface area contributed by atoms with Gasteiger partial charge in [0.05, 0.1) is 54.0 Å². The maximum Gasteiger partial charge on any atom is 0.227 e. The number of aryl methyl sites for hydroxylation is 1. The van der Waals surface area contributed by atoms with Crippen LogP contribution in [0.25, 0.3) is 11.3 Å². The van der Waals surface area contributed by atoms with Crippen molar-refractivity contribution in [2.45, 2.75) is 31.3 Å². The number of carbonyl (C=O) groups excluding carboxylic acids is 1. The fraction of sp³-hybridized carbons (Fsp3) is 0.320. The Morgan fingerprint density at radius 2 is 2.06 bits per heavy atom. The third-order valence-corrected chi connectivity index (χ3v) is 6.62. The SMILES string of the molecule is Cn1cc(Nc2nccc(-c3cnn(C4CN(C(=O)C5CC5)C4c4ncccc4CC#N)c3)n2)cn1. The lowest BCUT2D eigenvalue weighted by molar-refractivity contribution is -0.145. The average molecular weight is 481 g/mol. The quantitative estimate of drug-likeness (QED) is 0.427. The van der Waals surface area contributed by atoms with Gasteiger partial charge in [0.2, 0.25) is 11.9 Å². The van der Waals surface area contributed by atoms with Crippen LogP contribution < -0.4 is 5.32 Å². The van der Waals surface area contributed by atoms with Crippen LogP contribution in [0.4, 0.5) is 11.6 Å². The van der Waals surface area contributed by atoms with Gasteiger partial charge in [-0.05, 0) is 30.5 Å². The number of aromatic nitrogens is 7. The Balaban J connectivity index is 1.28. The van der Waals surface area contributed by atoms with E-state index in [0.29, 0.717) is 12.5 Å². The van der Waals surface area contributed by atoms with Crippen molar-refractivity contribution >= 4 is 17.5 Å². The van der Waals surface area contributed by atoms with Crippen LogP contribution in [-0.2, 0) is 18.3 Å². The van der Waals surface area contributed by atoms with Gasteiger partial charge in [0.15, 0.2) is 0 Å². The van der Waals surface area contributed by atoms with Crippen LogP contribution in [0, 0.1) is 17.2 Å². The minimum Gasteiger partial charge on any atom is -0.329 e. The molecular formula is C25H24N10O. The predicted molar refractivity (Wildman–Crippen MR) is 130 cm³/mol. The number of pyridine rings is 1. The first kappa shape index (κ1) is 21.9. The molecule has 1 aliphatic heterocycles. The van der Waals surface area contributed by atoms with Gasteiger partial charge in [0.1, 0.15) is 0 Å². The highest BCUT2D eigenvalue weighted by Gasteiger charge is 2.49. The normalized spacial score (nSPS) is 18.9. The summed E-state index contributed by atoms with van der Waals surface area (Å²) in [5, 5.41) is 21.3. The summed E-state index contributed by atoms with van der Waals surface area (Å²) in [5.41, 5.74) is 3.98. The summed E-state index contributed by atoms with van der Waals surface area (Å²) in [6, 6.07) is 7.45. The van der Waals surface area contributed by atoms with E-state index >= 15 is 0 Å². The molecule has 0 radical (unpaired) electrons. The lowest BCUT2D eigenvalue weighted by Crippen LogP contribution is -2.54. The van der Waals surface area contributed by atoms with Gasteiger partial charge < -0.3 is 10.2 Å². The topological polar surface area (TPSA) is 130 Å². The second kappa shape index (κ2) is 8.88. The number of nitrogens with zero attached hydrogens (tertiary/aromatic N) is 9. The molecule has 2 fully saturated rings. The first-order valence-corrected chi connectivity index (χ1v) is 11.8. The Labute approximate surface area is 207 Å². The fourth-order valence-electron chi connectivity index (χ4n) is 4.63. The van der Waals surface area contributed by atoms with Crippen LogP contribution in [0.1, 0.15) is 36.2 Å². The molecule has 4 aromatic heterocycles. The molecule has 11 nitrogen and oxygen atoms in total. The minimum absolute atomic E-state index is 0.0800. The van der Waals surface area contributed by atoms with Crippen molar-refractivity contribution in [1.29, 1.82) is 5.26 Å². The number of anilines is 2. The molecule has 2 atom stereocenters. The zero-order valence-electron chi connectivity index (χ0n) is 19.7. The second-order valence-electron chi connectivity index (χ2n) is 9.16. The summed E-state index contributed by atoms with van der Waals surface area (Å²) >= 11 is 0. The van der Waals surface area contributed by atoms with Gasteiger partial charge in [-0.3, -0.25) is 19.1 Å². The minimum atomic E-state index is -0.261. The van der Waals surface area contributed by atoms with Crippen LogP contribution in [0.2, 0.25) is 0 Å². The smallest absolute Gasteiger partial charge is 0.227 e. The summed E-state index contributed by atoms with van der Waals surface area (Å²) in [6.07, 6.45) is 12.8. The van der Waals surface area contributed by atoms with E-state index in [4.69, 9.17) is 0 Å². The van der Waals surface area contributed by atoms with Crippen LogP contribution in [0.3, 0.4) is 0 Å². The Bertz CT molecular complexity index is 1460. The monoisotopic (exact) mass is 480 g/mol. The third-order valence-electron chi connectivity index (χ3n) is 6.62. The Morgan fingerprint density at radius 3 is 2.83 bits per heavy atom. The van der Waals surface area contributed by atoms with E-state index in [-0.39, 0.29) is 30.3 Å². The highest BCUT2D eigenvalue weighted by molar-refractivity contribution is 5.82. The van der Waals surface area contributed by atoms with Crippen molar-refractivity contribution in [3.8, 4) is 17.3 Å². The number of rotatable bonds is 7. The number of carbonyl (C=O) groups is 1. The molecule has 1 N–H and O–H groups in total. The molecule has 1 amide bonds. The van der Waals surface area contributed by atoms with Gasteiger partial charge >= 0.3 is 0 Å². The number of nitrogens with one attached hydrogen (secondary N) is 1. The molecule has 11 heteroatoms. The predicted octanol–water partition coefficient (Wildman–Crippen LogP) is 2.81. The van der Waals surface area contributed by atoms with E-state index in [0.717, 1.165) is 41.0 Å². The fourth-order valence-corrected chi connectivity index (χ4v) is 4.63. The van der Waals surface area contributed by atoms with E-state index in [9.17, 15) is 10.1 Å². The first-order valence-electron chi connectivity index (χ1n) is 11.8. The average Bonchev–Trinajstić information content (AvgIpc) is 3.48. The van der Waals surface area contributed by atoms with E-state index in [2.05, 4.69) is 36.5 Å². The van der Waals surface area contributed by atoms with Crippen molar-refractivity contribution in [1.82, 2.24) is 39.4 Å². The molecule has 36 heavy (non-hydrogen) atoms. The first-order chi connectivity index (χ1) is 17.6. The van der Waals surface area contributed by atoms with Crippen molar-refractivity contribution in [2.75, 3.05) is 11.9 Å². The molecule has 1 aliphatic carbocycles. The number of likely N-dealkylation sites (tertiary alicyclic amines) is 1. The Hall–Kier alpha value is -4.59. The van der Waals surface area contributed by atoms with Crippen LogP contribution in [0.5, 0.6) is 0 Å². The van der Waals surface area contributed by atoms with E-state index in [1.54, 1.807) is 29.5 Å². The molecule has 0 aromatic carbocycles. The molecule has 5 heterocycles. The van der Waals surface area contributed by atoms with Gasteiger partial charge in [0, 0.05) is 49.9 Å². The van der Waals surface area contributed by atoms with Gasteiger partial charge in [-0.15, -0.1) is 0 Å². The second-order valence-corrected chi connectivity index (χ2v) is 9.16. The molecular weight excluding hydrogens is 456 g/mol. The number of hydrogen-bond acceptors (Lipinski definition) is 8. The third kappa shape index (κ3) is 4.07.